The summed E-state index contributed by atoms with van der Waals surface area (Å²) >= 11 is 0. The van der Waals surface area contributed by atoms with Crippen molar-refractivity contribution >= 4 is 14.3 Å². The Morgan fingerprint density at radius 2 is 2.38 bits per heavy atom. The summed E-state index contributed by atoms with van der Waals surface area (Å²) in [6.07, 6.45) is 1.04. The fourth-order valence-electron chi connectivity index (χ4n) is 0.114. The first-order valence-electron chi connectivity index (χ1n) is 1.57. The van der Waals surface area contributed by atoms with Crippen LogP contribution in [0.25, 0.3) is 0 Å². The summed E-state index contributed by atoms with van der Waals surface area (Å²) < 4.78 is 16.5. The fraction of sp³-hybridized carbons (Fsp3) is 0.500. The molecule has 0 aliphatic carbocycles. The van der Waals surface area contributed by atoms with E-state index >= 15 is 0 Å². The predicted molar refractivity (Wildman–Crippen MR) is 23.8 cm³/mol. The van der Waals surface area contributed by atoms with Crippen LogP contribution in [-0.2, 0) is 18.9 Å². The lowest BCUT2D eigenvalue weighted by Crippen LogP contribution is -1.72. The van der Waals surface area contributed by atoms with Crippen LogP contribution in [0, 0.1) is 0 Å². The van der Waals surface area contributed by atoms with Crippen molar-refractivity contribution in [2.24, 2.45) is 4.76 Å². The van der Waals surface area contributed by atoms with Gasteiger partial charge in [0, 0.05) is 4.57 Å². The smallest absolute Gasteiger partial charge is 0.207 e. The SMILES string of the molecule is COO[P+](=O)N=C=O. The largest absolute Gasteiger partial charge is 0.712 e. The molecule has 0 aliphatic heterocycles. The van der Waals surface area contributed by atoms with Gasteiger partial charge in [-0.2, -0.15) is 4.89 Å². The maximum Gasteiger partial charge on any atom is 0.712 e. The molecule has 8 heavy (non-hydrogen) atoms. The highest BCUT2D eigenvalue weighted by atomic mass is 31.1. The second kappa shape index (κ2) is 4.56. The molecule has 0 radical (unpaired) electrons. The third-order valence-corrected chi connectivity index (χ3v) is 0.782. The molecular formula is C2H3NO4P+. The van der Waals surface area contributed by atoms with E-state index in [4.69, 9.17) is 0 Å². The molecule has 0 heterocycles. The summed E-state index contributed by atoms with van der Waals surface area (Å²) in [5.41, 5.74) is 0. The Balaban J connectivity index is 3.49. The van der Waals surface area contributed by atoms with Crippen LogP contribution < -0.4 is 0 Å². The average molecular weight is 136 g/mol. The van der Waals surface area contributed by atoms with Gasteiger partial charge in [0.1, 0.15) is 0 Å². The van der Waals surface area contributed by atoms with Gasteiger partial charge in [0.05, 0.1) is 16.5 Å². The van der Waals surface area contributed by atoms with Gasteiger partial charge in [-0.25, -0.2) is 4.79 Å². The minimum absolute atomic E-state index is 1.04. The van der Waals surface area contributed by atoms with E-state index in [2.05, 4.69) is 14.3 Å². The van der Waals surface area contributed by atoms with E-state index in [0.717, 1.165) is 13.2 Å². The summed E-state index contributed by atoms with van der Waals surface area (Å²) in [6.45, 7) is 0. The molecule has 0 N–H and O–H groups in total. The van der Waals surface area contributed by atoms with Gasteiger partial charge in [-0.05, 0) is 0 Å². The Morgan fingerprint density at radius 3 is 2.75 bits per heavy atom. The zero-order chi connectivity index (χ0) is 6.41. The first kappa shape index (κ1) is 7.40. The summed E-state index contributed by atoms with van der Waals surface area (Å²) in [6, 6.07) is 0. The van der Waals surface area contributed by atoms with E-state index in [1.165, 1.54) is 0 Å². The number of carbonyl (C=O) groups excluding carboxylic acids is 1. The second-order valence-corrected chi connectivity index (χ2v) is 1.50. The molecule has 0 saturated heterocycles. The number of rotatable bonds is 3. The third-order valence-electron chi connectivity index (χ3n) is 0.261. The number of hydrogen-bond donors (Lipinski definition) is 0. The molecule has 0 aromatic rings. The summed E-state index contributed by atoms with van der Waals surface area (Å²) in [7, 11) is -1.19. The molecule has 0 bridgehead atoms. The topological polar surface area (TPSA) is 65.0 Å². The first-order chi connectivity index (χ1) is 3.81. The minimum Gasteiger partial charge on any atom is -0.207 e. The van der Waals surface area contributed by atoms with E-state index in [0.29, 0.717) is 0 Å². The quantitative estimate of drug-likeness (QED) is 0.187. The standard InChI is InChI=1S/C2H3NO4P/c1-6-7-8(5)3-2-4/h1H3/q+1. The van der Waals surface area contributed by atoms with Gasteiger partial charge in [-0.3, -0.25) is 0 Å². The Morgan fingerprint density at radius 1 is 1.75 bits per heavy atom. The molecule has 0 amide bonds. The van der Waals surface area contributed by atoms with Crippen molar-refractivity contribution in [1.29, 1.82) is 0 Å². The van der Waals surface area contributed by atoms with Gasteiger partial charge in [0.15, 0.2) is 0 Å². The molecule has 44 valence electrons. The Labute approximate surface area is 46.2 Å². The van der Waals surface area contributed by atoms with Crippen LogP contribution in [0.5, 0.6) is 0 Å². The van der Waals surface area contributed by atoms with Crippen LogP contribution in [0.4, 0.5) is 0 Å². The van der Waals surface area contributed by atoms with Gasteiger partial charge in [-0.15, -0.1) is 0 Å². The van der Waals surface area contributed by atoms with E-state index in [1.54, 1.807) is 0 Å². The van der Waals surface area contributed by atoms with Crippen molar-refractivity contribution in [3.8, 4) is 0 Å². The first-order valence-corrected chi connectivity index (χ1v) is 2.70. The lowest BCUT2D eigenvalue weighted by Gasteiger charge is -1.70. The molecular weight excluding hydrogens is 133 g/mol. The fourth-order valence-corrected chi connectivity index (χ4v) is 0.341. The Bertz CT molecular complexity index is 128. The number of hydrogen-bond acceptors (Lipinski definition) is 4. The molecule has 0 fully saturated rings. The molecule has 6 heteroatoms. The highest BCUT2D eigenvalue weighted by molar-refractivity contribution is 7.37. The van der Waals surface area contributed by atoms with Crippen molar-refractivity contribution in [2.75, 3.05) is 7.11 Å². The van der Waals surface area contributed by atoms with Crippen LogP contribution in [0.3, 0.4) is 0 Å². The van der Waals surface area contributed by atoms with Crippen molar-refractivity contribution in [3.05, 3.63) is 0 Å². The zero-order valence-electron chi connectivity index (χ0n) is 4.03. The van der Waals surface area contributed by atoms with Gasteiger partial charge in [-0.1, -0.05) is 0 Å². The molecule has 1 unspecified atom stereocenters. The van der Waals surface area contributed by atoms with Crippen LogP contribution in [0.2, 0.25) is 0 Å². The maximum absolute atomic E-state index is 10.0. The van der Waals surface area contributed by atoms with Crippen LogP contribution in [-0.4, -0.2) is 13.2 Å². The lowest BCUT2D eigenvalue weighted by molar-refractivity contribution is -0.171. The molecule has 0 saturated carbocycles. The van der Waals surface area contributed by atoms with E-state index in [9.17, 15) is 9.36 Å². The molecule has 0 rings (SSSR count). The maximum atomic E-state index is 10.0. The Hall–Kier alpha value is -0.600. The van der Waals surface area contributed by atoms with Gasteiger partial charge in [0.2, 0.25) is 0 Å². The zero-order valence-corrected chi connectivity index (χ0v) is 4.92. The molecule has 0 spiro atoms. The molecule has 0 aliphatic rings. The molecule has 5 nitrogen and oxygen atoms in total. The van der Waals surface area contributed by atoms with E-state index < -0.39 is 8.18 Å². The van der Waals surface area contributed by atoms with Crippen LogP contribution >= 0.6 is 8.18 Å². The van der Waals surface area contributed by atoms with Crippen LogP contribution in [0.1, 0.15) is 0 Å². The molecule has 0 aromatic carbocycles. The highest BCUT2D eigenvalue weighted by Gasteiger charge is 2.16. The normalized spacial score (nSPS) is 9.88. The van der Waals surface area contributed by atoms with Crippen molar-refractivity contribution < 1.29 is 18.9 Å². The summed E-state index contributed by atoms with van der Waals surface area (Å²) in [4.78, 5) is 13.2. The highest BCUT2D eigenvalue weighted by Crippen LogP contribution is 2.21. The average Bonchev–Trinajstić information content (AvgIpc) is 1.68. The number of nitrogens with zero attached hydrogens (tertiary/aromatic N) is 1. The summed E-state index contributed by atoms with van der Waals surface area (Å²) in [5, 5.41) is 0. The van der Waals surface area contributed by atoms with Crippen molar-refractivity contribution in [1.82, 2.24) is 0 Å². The summed E-state index contributed by atoms with van der Waals surface area (Å²) in [5.74, 6) is 0. The second-order valence-electron chi connectivity index (χ2n) is 0.670. The third kappa shape index (κ3) is 3.59. The van der Waals surface area contributed by atoms with Crippen molar-refractivity contribution in [3.63, 3.8) is 0 Å². The molecule has 0 aromatic heterocycles. The van der Waals surface area contributed by atoms with Gasteiger partial charge < -0.3 is 0 Å². The van der Waals surface area contributed by atoms with E-state index in [-0.39, 0.29) is 0 Å². The van der Waals surface area contributed by atoms with Crippen molar-refractivity contribution in [2.45, 2.75) is 0 Å². The minimum atomic E-state index is -2.35. The van der Waals surface area contributed by atoms with E-state index in [1.807, 2.05) is 0 Å². The van der Waals surface area contributed by atoms with Gasteiger partial charge in [0.25, 0.3) is 6.08 Å². The number of isocyanates is 1. The Kier molecular flexibility index (Phi) is 4.21. The molecule has 1 atom stereocenters. The predicted octanol–water partition coefficient (Wildman–Crippen LogP) is 0.558. The van der Waals surface area contributed by atoms with Crippen LogP contribution in [0.15, 0.2) is 4.76 Å². The lowest BCUT2D eigenvalue weighted by atomic mass is 11.7. The monoisotopic (exact) mass is 136 g/mol. The van der Waals surface area contributed by atoms with Gasteiger partial charge >= 0.3 is 8.18 Å².